The highest BCUT2D eigenvalue weighted by atomic mass is 79.9. The van der Waals surface area contributed by atoms with Crippen molar-refractivity contribution >= 4 is 33.2 Å². The molecule has 1 aromatic rings. The van der Waals surface area contributed by atoms with Crippen LogP contribution >= 0.6 is 27.5 Å². The Hall–Kier alpha value is -0.320. The number of hydrogen-bond donors (Lipinski definition) is 2. The van der Waals surface area contributed by atoms with Gasteiger partial charge in [-0.2, -0.15) is 0 Å². The van der Waals surface area contributed by atoms with E-state index in [1.807, 2.05) is 0 Å². The van der Waals surface area contributed by atoms with Gasteiger partial charge in [0.15, 0.2) is 0 Å². The van der Waals surface area contributed by atoms with Gasteiger partial charge in [-0.25, -0.2) is 4.39 Å². The molecule has 0 radical (unpaired) electrons. The topological polar surface area (TPSA) is 38.0 Å². The van der Waals surface area contributed by atoms with E-state index in [-0.39, 0.29) is 5.82 Å². The molecular formula is C13H17BrClFN2. The van der Waals surface area contributed by atoms with Gasteiger partial charge < -0.3 is 11.1 Å². The summed E-state index contributed by atoms with van der Waals surface area (Å²) in [4.78, 5) is 0. The summed E-state index contributed by atoms with van der Waals surface area (Å²) in [5.41, 5.74) is 6.57. The maximum absolute atomic E-state index is 13.2. The van der Waals surface area contributed by atoms with E-state index in [4.69, 9.17) is 17.3 Å². The molecule has 1 saturated carbocycles. The highest BCUT2D eigenvalue weighted by molar-refractivity contribution is 9.10. The van der Waals surface area contributed by atoms with Crippen LogP contribution in [-0.2, 0) is 0 Å². The Bertz CT molecular complexity index is 404. The average Bonchev–Trinajstić information content (AvgIpc) is 2.34. The van der Waals surface area contributed by atoms with Gasteiger partial charge in [0.25, 0.3) is 0 Å². The second-order valence-electron chi connectivity index (χ2n) is 4.78. The van der Waals surface area contributed by atoms with E-state index in [9.17, 15) is 4.39 Å². The molecule has 18 heavy (non-hydrogen) atoms. The molecule has 2 atom stereocenters. The van der Waals surface area contributed by atoms with Gasteiger partial charge in [-0.15, -0.1) is 0 Å². The van der Waals surface area contributed by atoms with Crippen molar-refractivity contribution in [1.82, 2.24) is 0 Å². The van der Waals surface area contributed by atoms with Crippen LogP contribution in [-0.4, -0.2) is 12.6 Å². The molecule has 1 aliphatic rings. The van der Waals surface area contributed by atoms with Gasteiger partial charge in [0.1, 0.15) is 5.82 Å². The van der Waals surface area contributed by atoms with E-state index >= 15 is 0 Å². The van der Waals surface area contributed by atoms with Gasteiger partial charge >= 0.3 is 0 Å². The molecular weight excluding hydrogens is 319 g/mol. The summed E-state index contributed by atoms with van der Waals surface area (Å²) in [5, 5.41) is 3.83. The Morgan fingerprint density at radius 2 is 2.11 bits per heavy atom. The highest BCUT2D eigenvalue weighted by Gasteiger charge is 2.25. The SMILES string of the molecule is NCC1CCCCC1Nc1c(Cl)cc(F)cc1Br. The summed E-state index contributed by atoms with van der Waals surface area (Å²) in [5.74, 6) is 0.128. The predicted molar refractivity (Wildman–Crippen MR) is 77.5 cm³/mol. The van der Waals surface area contributed by atoms with E-state index in [1.54, 1.807) is 0 Å². The van der Waals surface area contributed by atoms with E-state index in [1.165, 1.54) is 25.0 Å². The molecule has 0 spiro atoms. The lowest BCUT2D eigenvalue weighted by atomic mass is 9.84. The number of rotatable bonds is 3. The monoisotopic (exact) mass is 334 g/mol. The molecule has 3 N–H and O–H groups in total. The fourth-order valence-corrected chi connectivity index (χ4v) is 3.47. The number of hydrogen-bond acceptors (Lipinski definition) is 2. The van der Waals surface area contributed by atoms with Crippen molar-refractivity contribution < 1.29 is 4.39 Å². The smallest absolute Gasteiger partial charge is 0.125 e. The van der Waals surface area contributed by atoms with Crippen molar-refractivity contribution in [3.8, 4) is 0 Å². The maximum atomic E-state index is 13.2. The standard InChI is InChI=1S/C13H17BrClFN2/c14-10-5-9(16)6-11(15)13(10)18-12-4-2-1-3-8(12)7-17/h5-6,8,12,18H,1-4,7,17H2. The zero-order valence-electron chi connectivity index (χ0n) is 10.1. The molecule has 2 unspecified atom stereocenters. The summed E-state index contributed by atoms with van der Waals surface area (Å²) in [6.45, 7) is 0.675. The summed E-state index contributed by atoms with van der Waals surface area (Å²) in [6, 6.07) is 3.08. The van der Waals surface area contributed by atoms with Crippen LogP contribution < -0.4 is 11.1 Å². The second-order valence-corrected chi connectivity index (χ2v) is 6.04. The van der Waals surface area contributed by atoms with Crippen LogP contribution in [0.2, 0.25) is 5.02 Å². The second kappa shape index (κ2) is 6.22. The Morgan fingerprint density at radius 3 is 2.78 bits per heavy atom. The van der Waals surface area contributed by atoms with E-state index in [2.05, 4.69) is 21.2 Å². The number of nitrogens with one attached hydrogen (secondary N) is 1. The molecule has 100 valence electrons. The highest BCUT2D eigenvalue weighted by Crippen LogP contribution is 2.35. The summed E-state index contributed by atoms with van der Waals surface area (Å²) in [7, 11) is 0. The maximum Gasteiger partial charge on any atom is 0.125 e. The minimum absolute atomic E-state index is 0.322. The van der Waals surface area contributed by atoms with Crippen molar-refractivity contribution in [2.45, 2.75) is 31.7 Å². The fraction of sp³-hybridized carbons (Fsp3) is 0.538. The molecule has 0 aliphatic heterocycles. The van der Waals surface area contributed by atoms with Crippen LogP contribution in [0, 0.1) is 11.7 Å². The van der Waals surface area contributed by atoms with Gasteiger partial charge in [0.2, 0.25) is 0 Å². The Kier molecular flexibility index (Phi) is 4.87. The van der Waals surface area contributed by atoms with Crippen LogP contribution in [0.25, 0.3) is 0 Å². The molecule has 1 aliphatic carbocycles. The average molecular weight is 336 g/mol. The molecule has 0 saturated heterocycles. The minimum Gasteiger partial charge on any atom is -0.380 e. The third kappa shape index (κ3) is 3.16. The van der Waals surface area contributed by atoms with E-state index < -0.39 is 0 Å². The number of nitrogens with two attached hydrogens (primary N) is 1. The molecule has 0 heterocycles. The van der Waals surface area contributed by atoms with Crippen molar-refractivity contribution in [3.05, 3.63) is 27.4 Å². The van der Waals surface area contributed by atoms with Crippen LogP contribution in [0.1, 0.15) is 25.7 Å². The molecule has 0 aromatic heterocycles. The van der Waals surface area contributed by atoms with Gasteiger partial charge in [0, 0.05) is 10.5 Å². The number of anilines is 1. The zero-order valence-corrected chi connectivity index (χ0v) is 12.4. The lowest BCUT2D eigenvalue weighted by molar-refractivity contribution is 0.332. The van der Waals surface area contributed by atoms with Gasteiger partial charge in [0.05, 0.1) is 10.7 Å². The van der Waals surface area contributed by atoms with Crippen LogP contribution in [0.3, 0.4) is 0 Å². The summed E-state index contributed by atoms with van der Waals surface area (Å²) in [6.07, 6.45) is 4.66. The minimum atomic E-state index is -0.337. The van der Waals surface area contributed by atoms with Gasteiger partial charge in [-0.1, -0.05) is 24.4 Å². The van der Waals surface area contributed by atoms with Gasteiger partial charge in [-0.3, -0.25) is 0 Å². The molecule has 2 rings (SSSR count). The molecule has 2 nitrogen and oxygen atoms in total. The molecule has 0 amide bonds. The van der Waals surface area contributed by atoms with Crippen molar-refractivity contribution in [2.75, 3.05) is 11.9 Å². The predicted octanol–water partition coefficient (Wildman–Crippen LogP) is 4.17. The molecule has 5 heteroatoms. The quantitative estimate of drug-likeness (QED) is 0.870. The first-order chi connectivity index (χ1) is 8.61. The molecule has 0 bridgehead atoms. The zero-order chi connectivity index (χ0) is 13.1. The van der Waals surface area contributed by atoms with Crippen LogP contribution in [0.15, 0.2) is 16.6 Å². The fourth-order valence-electron chi connectivity index (χ4n) is 2.55. The van der Waals surface area contributed by atoms with Crippen molar-refractivity contribution in [3.63, 3.8) is 0 Å². The first-order valence-electron chi connectivity index (χ1n) is 6.23. The Labute approximate surface area is 120 Å². The van der Waals surface area contributed by atoms with Crippen molar-refractivity contribution in [2.24, 2.45) is 11.7 Å². The summed E-state index contributed by atoms with van der Waals surface area (Å²) < 4.78 is 13.8. The summed E-state index contributed by atoms with van der Waals surface area (Å²) >= 11 is 9.43. The van der Waals surface area contributed by atoms with E-state index in [0.29, 0.717) is 28.0 Å². The Balaban J connectivity index is 2.17. The lowest BCUT2D eigenvalue weighted by Gasteiger charge is -2.32. The lowest BCUT2D eigenvalue weighted by Crippen LogP contribution is -2.36. The van der Waals surface area contributed by atoms with Crippen molar-refractivity contribution in [1.29, 1.82) is 0 Å². The number of benzene rings is 1. The van der Waals surface area contributed by atoms with E-state index in [0.717, 1.165) is 18.5 Å². The number of halogens is 3. The van der Waals surface area contributed by atoms with Crippen LogP contribution in [0.5, 0.6) is 0 Å². The first kappa shape index (κ1) is 14.1. The molecule has 1 aromatic carbocycles. The van der Waals surface area contributed by atoms with Crippen LogP contribution in [0.4, 0.5) is 10.1 Å². The first-order valence-corrected chi connectivity index (χ1v) is 7.40. The normalized spacial score (nSPS) is 24.0. The van der Waals surface area contributed by atoms with Gasteiger partial charge in [-0.05, 0) is 53.4 Å². The third-order valence-electron chi connectivity index (χ3n) is 3.55. The molecule has 1 fully saturated rings. The third-order valence-corrected chi connectivity index (χ3v) is 4.47. The largest absolute Gasteiger partial charge is 0.380 e. The Morgan fingerprint density at radius 1 is 1.39 bits per heavy atom.